The summed E-state index contributed by atoms with van der Waals surface area (Å²) < 4.78 is 1.04. The summed E-state index contributed by atoms with van der Waals surface area (Å²) in [5.41, 5.74) is 2.01. The average molecular weight is 266 g/mol. The van der Waals surface area contributed by atoms with Gasteiger partial charge in [-0.25, -0.2) is 9.97 Å². The maximum atomic E-state index is 4.32. The highest BCUT2D eigenvalue weighted by molar-refractivity contribution is 9.10. The number of fused-ring (bicyclic) bond motifs is 1. The van der Waals surface area contributed by atoms with Crippen LogP contribution in [0.25, 0.3) is 10.9 Å². The summed E-state index contributed by atoms with van der Waals surface area (Å²) in [5, 5.41) is 4.29. The molecule has 1 N–H and O–H groups in total. The maximum absolute atomic E-state index is 4.32. The van der Waals surface area contributed by atoms with Crippen LogP contribution in [-0.4, -0.2) is 17.0 Å². The second-order valence-electron chi connectivity index (χ2n) is 3.43. The van der Waals surface area contributed by atoms with Gasteiger partial charge in [-0.2, -0.15) is 0 Å². The van der Waals surface area contributed by atoms with Gasteiger partial charge in [0.2, 0.25) is 0 Å². The Morgan fingerprint density at radius 2 is 2.13 bits per heavy atom. The zero-order chi connectivity index (χ0) is 10.8. The number of rotatable bonds is 2. The van der Waals surface area contributed by atoms with Crippen molar-refractivity contribution in [3.05, 3.63) is 34.7 Å². The molecule has 1 atom stereocenters. The Kier molecular flexibility index (Phi) is 2.98. The molecule has 0 fully saturated rings. The summed E-state index contributed by atoms with van der Waals surface area (Å²) in [7, 11) is 1.93. The van der Waals surface area contributed by atoms with E-state index in [1.165, 1.54) is 0 Å². The van der Waals surface area contributed by atoms with E-state index in [1.54, 1.807) is 6.33 Å². The van der Waals surface area contributed by atoms with Gasteiger partial charge in [0.1, 0.15) is 6.33 Å². The fraction of sp³-hybridized carbons (Fsp3) is 0.273. The molecule has 0 bridgehead atoms. The van der Waals surface area contributed by atoms with Crippen molar-refractivity contribution in [2.75, 3.05) is 7.05 Å². The number of hydrogen-bond acceptors (Lipinski definition) is 3. The van der Waals surface area contributed by atoms with Crippen molar-refractivity contribution in [1.29, 1.82) is 0 Å². The van der Waals surface area contributed by atoms with Crippen molar-refractivity contribution in [1.82, 2.24) is 15.3 Å². The largest absolute Gasteiger partial charge is 0.312 e. The van der Waals surface area contributed by atoms with Crippen LogP contribution < -0.4 is 5.32 Å². The van der Waals surface area contributed by atoms with Crippen molar-refractivity contribution >= 4 is 26.8 Å². The third-order valence-corrected chi connectivity index (χ3v) is 2.97. The quantitative estimate of drug-likeness (QED) is 0.908. The lowest BCUT2D eigenvalue weighted by Gasteiger charge is -2.11. The highest BCUT2D eigenvalue weighted by atomic mass is 79.9. The van der Waals surface area contributed by atoms with Crippen molar-refractivity contribution in [2.24, 2.45) is 0 Å². The fourth-order valence-corrected chi connectivity index (χ4v) is 1.88. The van der Waals surface area contributed by atoms with E-state index in [0.717, 1.165) is 21.1 Å². The highest BCUT2D eigenvalue weighted by Crippen LogP contribution is 2.23. The van der Waals surface area contributed by atoms with E-state index in [1.807, 2.05) is 25.2 Å². The zero-order valence-electron chi connectivity index (χ0n) is 8.66. The minimum Gasteiger partial charge on any atom is -0.312 e. The number of nitrogens with one attached hydrogen (secondary N) is 1. The third-order valence-electron chi connectivity index (χ3n) is 2.47. The van der Waals surface area contributed by atoms with E-state index in [4.69, 9.17) is 0 Å². The Balaban J connectivity index is 2.66. The average Bonchev–Trinajstić information content (AvgIpc) is 2.26. The van der Waals surface area contributed by atoms with E-state index in [-0.39, 0.29) is 6.04 Å². The molecule has 0 saturated heterocycles. The predicted molar refractivity (Wildman–Crippen MR) is 64.7 cm³/mol. The molecule has 3 nitrogen and oxygen atoms in total. The molecule has 0 saturated carbocycles. The van der Waals surface area contributed by atoms with Gasteiger partial charge in [0.25, 0.3) is 0 Å². The van der Waals surface area contributed by atoms with E-state index in [2.05, 4.69) is 38.1 Å². The van der Waals surface area contributed by atoms with Crippen molar-refractivity contribution in [3.63, 3.8) is 0 Å². The summed E-state index contributed by atoms with van der Waals surface area (Å²) in [6.45, 7) is 2.09. The first-order valence-electron chi connectivity index (χ1n) is 4.80. The van der Waals surface area contributed by atoms with Gasteiger partial charge in [-0.3, -0.25) is 0 Å². The van der Waals surface area contributed by atoms with Crippen LogP contribution in [-0.2, 0) is 0 Å². The van der Waals surface area contributed by atoms with Gasteiger partial charge in [0, 0.05) is 15.9 Å². The van der Waals surface area contributed by atoms with Gasteiger partial charge in [0.05, 0.1) is 11.2 Å². The minimum atomic E-state index is 0.233. The van der Waals surface area contributed by atoms with Crippen molar-refractivity contribution < 1.29 is 0 Å². The fourth-order valence-electron chi connectivity index (χ4n) is 1.53. The molecule has 1 aromatic heterocycles. The van der Waals surface area contributed by atoms with Crippen molar-refractivity contribution in [2.45, 2.75) is 13.0 Å². The highest BCUT2D eigenvalue weighted by Gasteiger charge is 2.09. The molecule has 78 valence electrons. The van der Waals surface area contributed by atoms with E-state index in [0.29, 0.717) is 0 Å². The Labute approximate surface area is 97.1 Å². The van der Waals surface area contributed by atoms with E-state index in [9.17, 15) is 0 Å². The summed E-state index contributed by atoms with van der Waals surface area (Å²) in [6.07, 6.45) is 1.61. The number of halogens is 1. The van der Waals surface area contributed by atoms with Crippen LogP contribution in [0.3, 0.4) is 0 Å². The molecule has 0 aliphatic rings. The summed E-state index contributed by atoms with van der Waals surface area (Å²) in [5.74, 6) is 0. The molecule has 0 aliphatic heterocycles. The molecule has 15 heavy (non-hydrogen) atoms. The van der Waals surface area contributed by atoms with Gasteiger partial charge < -0.3 is 5.32 Å². The topological polar surface area (TPSA) is 37.8 Å². The van der Waals surface area contributed by atoms with Gasteiger partial charge in [-0.15, -0.1) is 0 Å². The number of benzene rings is 1. The number of aromatic nitrogens is 2. The smallest absolute Gasteiger partial charge is 0.116 e. The Morgan fingerprint density at radius 1 is 1.33 bits per heavy atom. The SMILES string of the molecule is CNC(C)c1ncnc2cc(Br)ccc12. The van der Waals surface area contributed by atoms with Gasteiger partial charge in [-0.05, 0) is 32.2 Å². The molecule has 2 aromatic rings. The van der Waals surface area contributed by atoms with E-state index < -0.39 is 0 Å². The molecule has 1 unspecified atom stereocenters. The minimum absolute atomic E-state index is 0.233. The molecule has 4 heteroatoms. The molecule has 0 aliphatic carbocycles. The lowest BCUT2D eigenvalue weighted by atomic mass is 10.1. The molecule has 0 amide bonds. The normalized spacial score (nSPS) is 13.0. The van der Waals surface area contributed by atoms with Gasteiger partial charge in [0.15, 0.2) is 0 Å². The Bertz CT molecular complexity index is 484. The summed E-state index contributed by atoms with van der Waals surface area (Å²) >= 11 is 3.44. The molecule has 2 rings (SSSR count). The number of hydrogen-bond donors (Lipinski definition) is 1. The van der Waals surface area contributed by atoms with Crippen LogP contribution in [0.4, 0.5) is 0 Å². The molecule has 1 aromatic carbocycles. The first-order chi connectivity index (χ1) is 7.22. The second kappa shape index (κ2) is 4.24. The van der Waals surface area contributed by atoms with Gasteiger partial charge in [-0.1, -0.05) is 15.9 Å². The maximum Gasteiger partial charge on any atom is 0.116 e. The first kappa shape index (κ1) is 10.5. The lowest BCUT2D eigenvalue weighted by Crippen LogP contribution is -2.14. The van der Waals surface area contributed by atoms with Crippen LogP contribution in [0.5, 0.6) is 0 Å². The van der Waals surface area contributed by atoms with Crippen LogP contribution in [0.1, 0.15) is 18.7 Å². The standard InChI is InChI=1S/C11H12BrN3/c1-7(13-2)11-9-4-3-8(12)5-10(9)14-6-15-11/h3-7,13H,1-2H3. The Hall–Kier alpha value is -1.000. The molecular weight excluding hydrogens is 254 g/mol. The van der Waals surface area contributed by atoms with Crippen LogP contribution in [0, 0.1) is 0 Å². The molecule has 1 heterocycles. The predicted octanol–water partition coefficient (Wildman–Crippen LogP) is 2.67. The van der Waals surface area contributed by atoms with Crippen LogP contribution >= 0.6 is 15.9 Å². The van der Waals surface area contributed by atoms with Crippen molar-refractivity contribution in [3.8, 4) is 0 Å². The molecular formula is C11H12BrN3. The van der Waals surface area contributed by atoms with Crippen LogP contribution in [0.2, 0.25) is 0 Å². The molecule has 0 spiro atoms. The Morgan fingerprint density at radius 3 is 2.87 bits per heavy atom. The third kappa shape index (κ3) is 2.01. The van der Waals surface area contributed by atoms with E-state index >= 15 is 0 Å². The zero-order valence-corrected chi connectivity index (χ0v) is 10.2. The van der Waals surface area contributed by atoms with Gasteiger partial charge >= 0.3 is 0 Å². The summed E-state index contributed by atoms with van der Waals surface area (Å²) in [4.78, 5) is 8.57. The lowest BCUT2D eigenvalue weighted by molar-refractivity contribution is 0.637. The monoisotopic (exact) mass is 265 g/mol. The first-order valence-corrected chi connectivity index (χ1v) is 5.59. The molecule has 0 radical (unpaired) electrons. The van der Waals surface area contributed by atoms with Crippen LogP contribution in [0.15, 0.2) is 29.0 Å². The summed E-state index contributed by atoms with van der Waals surface area (Å²) in [6, 6.07) is 6.29. The number of nitrogens with zero attached hydrogens (tertiary/aromatic N) is 2. The second-order valence-corrected chi connectivity index (χ2v) is 4.35.